The lowest BCUT2D eigenvalue weighted by atomic mass is 10.0. The Morgan fingerprint density at radius 2 is 2.00 bits per heavy atom. The third-order valence-electron chi connectivity index (χ3n) is 2.61. The fraction of sp³-hybridized carbons (Fsp3) is 1.00. The molecular weight excluding hydrogens is 259 g/mol. The summed E-state index contributed by atoms with van der Waals surface area (Å²) in [7, 11) is 0. The minimum absolute atomic E-state index is 0.153. The van der Waals surface area contributed by atoms with Crippen LogP contribution in [0.1, 0.15) is 25.7 Å². The second kappa shape index (κ2) is 5.35. The molecule has 1 fully saturated rings. The van der Waals surface area contributed by atoms with Gasteiger partial charge in [-0.1, -0.05) is 22.4 Å². The zero-order valence-corrected chi connectivity index (χ0v) is 9.57. The van der Waals surface area contributed by atoms with Gasteiger partial charge in [-0.3, -0.25) is 4.90 Å². The van der Waals surface area contributed by atoms with Gasteiger partial charge in [0.25, 0.3) is 0 Å². The minimum Gasteiger partial charge on any atom is -0.299 e. The van der Waals surface area contributed by atoms with Gasteiger partial charge in [-0.25, -0.2) is 0 Å². The van der Waals surface area contributed by atoms with Crippen LogP contribution in [-0.2, 0) is 0 Å². The summed E-state index contributed by atoms with van der Waals surface area (Å²) < 4.78 is 36.0. The van der Waals surface area contributed by atoms with Gasteiger partial charge in [0.15, 0.2) is 0 Å². The van der Waals surface area contributed by atoms with Gasteiger partial charge in [0.05, 0.1) is 6.42 Å². The number of hydrogen-bond acceptors (Lipinski definition) is 1. The molecule has 1 saturated heterocycles. The molecule has 0 amide bonds. The van der Waals surface area contributed by atoms with E-state index in [4.69, 9.17) is 0 Å². The lowest BCUT2D eigenvalue weighted by molar-refractivity contribution is -0.139. The number of likely N-dealkylation sites (tertiary alicyclic amines) is 1. The molecule has 1 heterocycles. The first kappa shape index (κ1) is 12.3. The monoisotopic (exact) mass is 273 g/mol. The molecule has 0 aromatic rings. The first-order valence-corrected chi connectivity index (χ1v) is 6.02. The fourth-order valence-electron chi connectivity index (χ4n) is 1.80. The van der Waals surface area contributed by atoms with Gasteiger partial charge in [0.1, 0.15) is 0 Å². The molecule has 1 unspecified atom stereocenters. The molecule has 1 atom stereocenters. The topological polar surface area (TPSA) is 3.24 Å². The van der Waals surface area contributed by atoms with Gasteiger partial charge in [0.2, 0.25) is 0 Å². The molecule has 0 radical (unpaired) electrons. The van der Waals surface area contributed by atoms with E-state index in [0.717, 1.165) is 31.1 Å². The Hall–Kier alpha value is 0.230. The van der Waals surface area contributed by atoms with Crippen LogP contribution in [-0.4, -0.2) is 35.5 Å². The second-order valence-corrected chi connectivity index (χ2v) is 4.35. The van der Waals surface area contributed by atoms with Crippen molar-refractivity contribution in [2.24, 2.45) is 0 Å². The van der Waals surface area contributed by atoms with Crippen LogP contribution in [0.3, 0.4) is 0 Å². The molecule has 0 spiro atoms. The summed E-state index contributed by atoms with van der Waals surface area (Å²) in [5.74, 6) is 0. The van der Waals surface area contributed by atoms with E-state index in [-0.39, 0.29) is 6.54 Å². The Morgan fingerprint density at radius 1 is 1.29 bits per heavy atom. The molecule has 1 aliphatic rings. The van der Waals surface area contributed by atoms with Crippen molar-refractivity contribution in [1.82, 2.24) is 4.90 Å². The average Bonchev–Trinajstić information content (AvgIpc) is 2.14. The number of halogens is 4. The van der Waals surface area contributed by atoms with Gasteiger partial charge in [-0.05, 0) is 19.4 Å². The largest absolute Gasteiger partial charge is 0.390 e. The van der Waals surface area contributed by atoms with Crippen molar-refractivity contribution in [3.05, 3.63) is 0 Å². The number of alkyl halides is 4. The normalized spacial score (nSPS) is 25.3. The van der Waals surface area contributed by atoms with Crippen LogP contribution in [0.25, 0.3) is 0 Å². The van der Waals surface area contributed by atoms with Crippen molar-refractivity contribution in [3.63, 3.8) is 0 Å². The minimum atomic E-state index is -4.02. The maximum absolute atomic E-state index is 12.0. The van der Waals surface area contributed by atoms with E-state index in [1.165, 1.54) is 0 Å². The maximum Gasteiger partial charge on any atom is 0.390 e. The Kier molecular flexibility index (Phi) is 4.70. The molecule has 1 rings (SSSR count). The second-order valence-electron chi connectivity index (χ2n) is 3.71. The van der Waals surface area contributed by atoms with Gasteiger partial charge < -0.3 is 0 Å². The van der Waals surface area contributed by atoms with Crippen molar-refractivity contribution in [2.45, 2.75) is 37.9 Å². The van der Waals surface area contributed by atoms with E-state index in [9.17, 15) is 13.2 Å². The Bertz CT molecular complexity index is 172. The van der Waals surface area contributed by atoms with Crippen LogP contribution in [0.4, 0.5) is 13.2 Å². The first-order chi connectivity index (χ1) is 6.53. The molecular formula is C9H15BrF3N. The summed E-state index contributed by atoms with van der Waals surface area (Å²) in [6, 6.07) is 0.297. The smallest absolute Gasteiger partial charge is 0.299 e. The third-order valence-corrected chi connectivity index (χ3v) is 3.36. The standard InChI is InChI=1S/C9H15BrF3N/c10-7-8-3-1-2-5-14(8)6-4-9(11,12)13/h8H,1-7H2. The predicted molar refractivity (Wildman–Crippen MR) is 53.7 cm³/mol. The highest BCUT2D eigenvalue weighted by molar-refractivity contribution is 9.09. The first-order valence-electron chi connectivity index (χ1n) is 4.89. The van der Waals surface area contributed by atoms with E-state index in [1.54, 1.807) is 0 Å². The Morgan fingerprint density at radius 3 is 2.57 bits per heavy atom. The van der Waals surface area contributed by atoms with Crippen LogP contribution in [0, 0.1) is 0 Å². The Balaban J connectivity index is 2.33. The highest BCUT2D eigenvalue weighted by atomic mass is 79.9. The third kappa shape index (κ3) is 4.17. The number of piperidine rings is 1. The molecule has 0 aromatic carbocycles. The van der Waals surface area contributed by atoms with E-state index >= 15 is 0 Å². The number of rotatable bonds is 3. The zero-order valence-electron chi connectivity index (χ0n) is 7.99. The van der Waals surface area contributed by atoms with Crippen molar-refractivity contribution >= 4 is 15.9 Å². The van der Waals surface area contributed by atoms with Crippen LogP contribution in [0.5, 0.6) is 0 Å². The summed E-state index contributed by atoms with van der Waals surface area (Å²) in [5.41, 5.74) is 0. The highest BCUT2D eigenvalue weighted by Gasteiger charge is 2.30. The summed E-state index contributed by atoms with van der Waals surface area (Å²) in [4.78, 5) is 1.95. The van der Waals surface area contributed by atoms with Gasteiger partial charge in [-0.2, -0.15) is 13.2 Å². The van der Waals surface area contributed by atoms with Crippen molar-refractivity contribution in [3.8, 4) is 0 Å². The molecule has 84 valence electrons. The molecule has 14 heavy (non-hydrogen) atoms. The van der Waals surface area contributed by atoms with E-state index in [1.807, 2.05) is 4.90 Å². The lowest BCUT2D eigenvalue weighted by Gasteiger charge is -2.34. The molecule has 1 nitrogen and oxygen atoms in total. The molecule has 0 aromatic heterocycles. The Labute approximate surface area is 90.8 Å². The SMILES string of the molecule is FC(F)(F)CCN1CCCCC1CBr. The zero-order chi connectivity index (χ0) is 10.6. The summed E-state index contributed by atoms with van der Waals surface area (Å²) in [6.07, 6.45) is -1.52. The van der Waals surface area contributed by atoms with E-state index < -0.39 is 12.6 Å². The van der Waals surface area contributed by atoms with Gasteiger partial charge in [0, 0.05) is 17.9 Å². The molecule has 0 N–H and O–H groups in total. The summed E-state index contributed by atoms with van der Waals surface area (Å²) >= 11 is 3.35. The molecule has 1 aliphatic heterocycles. The number of nitrogens with zero attached hydrogens (tertiary/aromatic N) is 1. The fourth-order valence-corrected chi connectivity index (χ4v) is 2.53. The molecule has 0 bridgehead atoms. The van der Waals surface area contributed by atoms with E-state index in [0.29, 0.717) is 6.04 Å². The van der Waals surface area contributed by atoms with Crippen molar-refractivity contribution < 1.29 is 13.2 Å². The maximum atomic E-state index is 12.0. The van der Waals surface area contributed by atoms with Crippen LogP contribution in [0.2, 0.25) is 0 Å². The summed E-state index contributed by atoms with van der Waals surface area (Å²) in [5, 5.41) is 0.783. The predicted octanol–water partition coefficient (Wildman–Crippen LogP) is 3.19. The van der Waals surface area contributed by atoms with Crippen LogP contribution >= 0.6 is 15.9 Å². The quantitative estimate of drug-likeness (QED) is 0.714. The summed E-state index contributed by atoms with van der Waals surface area (Å²) in [6.45, 7) is 0.964. The highest BCUT2D eigenvalue weighted by Crippen LogP contribution is 2.24. The molecule has 5 heteroatoms. The lowest BCUT2D eigenvalue weighted by Crippen LogP contribution is -2.42. The van der Waals surface area contributed by atoms with Crippen molar-refractivity contribution in [2.75, 3.05) is 18.4 Å². The van der Waals surface area contributed by atoms with Gasteiger partial charge >= 0.3 is 6.18 Å². The average molecular weight is 274 g/mol. The number of hydrogen-bond donors (Lipinski definition) is 0. The van der Waals surface area contributed by atoms with Crippen LogP contribution < -0.4 is 0 Å². The van der Waals surface area contributed by atoms with Crippen LogP contribution in [0.15, 0.2) is 0 Å². The van der Waals surface area contributed by atoms with Crippen molar-refractivity contribution in [1.29, 1.82) is 0 Å². The van der Waals surface area contributed by atoms with E-state index in [2.05, 4.69) is 15.9 Å². The van der Waals surface area contributed by atoms with Gasteiger partial charge in [-0.15, -0.1) is 0 Å². The molecule has 0 aliphatic carbocycles. The molecule has 0 saturated carbocycles.